The second-order valence-corrected chi connectivity index (χ2v) is 5.08. The molecule has 2 aromatic rings. The maximum absolute atomic E-state index is 13.1. The van der Waals surface area contributed by atoms with Crippen molar-refractivity contribution < 1.29 is 9.50 Å². The smallest absolute Gasteiger partial charge is 0.123 e. The lowest BCUT2D eigenvalue weighted by Gasteiger charge is -2.19. The Labute approximate surface area is 119 Å². The van der Waals surface area contributed by atoms with E-state index in [1.54, 1.807) is 12.1 Å². The predicted molar refractivity (Wildman–Crippen MR) is 78.8 cm³/mol. The first-order chi connectivity index (χ1) is 9.65. The summed E-state index contributed by atoms with van der Waals surface area (Å²) in [6.07, 6.45) is 0.210. The number of rotatable bonds is 6. The Morgan fingerprint density at radius 2 is 1.85 bits per heavy atom. The van der Waals surface area contributed by atoms with E-state index >= 15 is 0 Å². The van der Waals surface area contributed by atoms with E-state index < -0.39 is 6.10 Å². The minimum absolute atomic E-state index is 0.208. The zero-order valence-corrected chi connectivity index (χ0v) is 11.7. The number of nitrogens with zero attached hydrogens (tertiary/aromatic N) is 1. The van der Waals surface area contributed by atoms with Gasteiger partial charge in [-0.1, -0.05) is 42.5 Å². The van der Waals surface area contributed by atoms with Gasteiger partial charge in [-0.05, 0) is 36.7 Å². The summed E-state index contributed by atoms with van der Waals surface area (Å²) < 4.78 is 13.1. The quantitative estimate of drug-likeness (QED) is 0.872. The third-order valence-electron chi connectivity index (χ3n) is 3.31. The summed E-state index contributed by atoms with van der Waals surface area (Å²) in [5.74, 6) is -0.208. The van der Waals surface area contributed by atoms with Gasteiger partial charge in [0.2, 0.25) is 0 Å². The summed E-state index contributed by atoms with van der Waals surface area (Å²) >= 11 is 0. The molecule has 2 rings (SSSR count). The van der Waals surface area contributed by atoms with E-state index in [4.69, 9.17) is 0 Å². The number of benzene rings is 2. The van der Waals surface area contributed by atoms with Crippen molar-refractivity contribution in [3.63, 3.8) is 0 Å². The van der Waals surface area contributed by atoms with Crippen LogP contribution in [0.5, 0.6) is 0 Å². The standard InChI is InChI=1S/C17H20FNO/c1-19(13-14-6-5-9-16(18)12-14)11-10-17(20)15-7-3-2-4-8-15/h2-9,12,17,20H,10-11,13H2,1H3. The van der Waals surface area contributed by atoms with Crippen molar-refractivity contribution >= 4 is 0 Å². The van der Waals surface area contributed by atoms with E-state index in [9.17, 15) is 9.50 Å². The van der Waals surface area contributed by atoms with Gasteiger partial charge in [0.25, 0.3) is 0 Å². The third-order valence-corrected chi connectivity index (χ3v) is 3.31. The van der Waals surface area contributed by atoms with E-state index in [0.29, 0.717) is 13.0 Å². The van der Waals surface area contributed by atoms with Crippen molar-refractivity contribution in [1.29, 1.82) is 0 Å². The molecule has 1 unspecified atom stereocenters. The summed E-state index contributed by atoms with van der Waals surface area (Å²) in [6, 6.07) is 16.3. The van der Waals surface area contributed by atoms with Crippen molar-refractivity contribution in [3.8, 4) is 0 Å². The zero-order valence-electron chi connectivity index (χ0n) is 11.7. The highest BCUT2D eigenvalue weighted by Gasteiger charge is 2.09. The number of aliphatic hydroxyl groups is 1. The number of aliphatic hydroxyl groups excluding tert-OH is 1. The first kappa shape index (κ1) is 14.7. The molecule has 0 aliphatic rings. The molecule has 1 N–H and O–H groups in total. The van der Waals surface area contributed by atoms with Crippen LogP contribution in [0.3, 0.4) is 0 Å². The Morgan fingerprint density at radius 3 is 2.55 bits per heavy atom. The maximum atomic E-state index is 13.1. The van der Waals surface area contributed by atoms with Gasteiger partial charge in [0.15, 0.2) is 0 Å². The number of hydrogen-bond acceptors (Lipinski definition) is 2. The molecule has 0 aliphatic heterocycles. The van der Waals surface area contributed by atoms with Crippen LogP contribution in [0.1, 0.15) is 23.7 Å². The van der Waals surface area contributed by atoms with E-state index in [0.717, 1.165) is 17.7 Å². The molecule has 0 bridgehead atoms. The molecular formula is C17H20FNO. The van der Waals surface area contributed by atoms with E-state index in [-0.39, 0.29) is 5.82 Å². The van der Waals surface area contributed by atoms with Crippen molar-refractivity contribution in [1.82, 2.24) is 4.90 Å². The average molecular weight is 273 g/mol. The van der Waals surface area contributed by atoms with Gasteiger partial charge in [0.1, 0.15) is 5.82 Å². The highest BCUT2D eigenvalue weighted by molar-refractivity contribution is 5.17. The van der Waals surface area contributed by atoms with Crippen LogP contribution in [0, 0.1) is 5.82 Å². The first-order valence-electron chi connectivity index (χ1n) is 6.81. The van der Waals surface area contributed by atoms with E-state index in [1.165, 1.54) is 6.07 Å². The molecular weight excluding hydrogens is 253 g/mol. The van der Waals surface area contributed by atoms with Gasteiger partial charge >= 0.3 is 0 Å². The highest BCUT2D eigenvalue weighted by Crippen LogP contribution is 2.16. The van der Waals surface area contributed by atoms with Crippen LogP contribution in [0.4, 0.5) is 4.39 Å². The minimum atomic E-state index is -0.453. The summed E-state index contributed by atoms with van der Waals surface area (Å²) in [7, 11) is 1.97. The second-order valence-electron chi connectivity index (χ2n) is 5.08. The van der Waals surface area contributed by atoms with Crippen LogP contribution < -0.4 is 0 Å². The maximum Gasteiger partial charge on any atom is 0.123 e. The van der Waals surface area contributed by atoms with Crippen LogP contribution in [0.25, 0.3) is 0 Å². The normalized spacial score (nSPS) is 12.6. The lowest BCUT2D eigenvalue weighted by Crippen LogP contribution is -2.21. The molecule has 20 heavy (non-hydrogen) atoms. The molecule has 106 valence electrons. The summed E-state index contributed by atoms with van der Waals surface area (Å²) in [4.78, 5) is 2.08. The lowest BCUT2D eigenvalue weighted by atomic mass is 10.1. The van der Waals surface area contributed by atoms with E-state index in [1.807, 2.05) is 43.4 Å². The molecule has 1 atom stereocenters. The molecule has 0 heterocycles. The molecule has 3 heteroatoms. The molecule has 0 radical (unpaired) electrons. The molecule has 2 nitrogen and oxygen atoms in total. The Bertz CT molecular complexity index is 530. The minimum Gasteiger partial charge on any atom is -0.388 e. The predicted octanol–water partition coefficient (Wildman–Crippen LogP) is 3.38. The van der Waals surface area contributed by atoms with Gasteiger partial charge in [0, 0.05) is 13.1 Å². The molecule has 0 spiro atoms. The summed E-state index contributed by atoms with van der Waals surface area (Å²) in [6.45, 7) is 1.44. The topological polar surface area (TPSA) is 23.5 Å². The highest BCUT2D eigenvalue weighted by atomic mass is 19.1. The van der Waals surface area contributed by atoms with Crippen LogP contribution in [0.2, 0.25) is 0 Å². The lowest BCUT2D eigenvalue weighted by molar-refractivity contribution is 0.147. The fourth-order valence-electron chi connectivity index (χ4n) is 2.21. The molecule has 0 aliphatic carbocycles. The molecule has 0 amide bonds. The molecule has 0 saturated carbocycles. The molecule has 0 saturated heterocycles. The van der Waals surface area contributed by atoms with Crippen molar-refractivity contribution in [2.75, 3.05) is 13.6 Å². The van der Waals surface area contributed by atoms with Crippen LogP contribution in [0.15, 0.2) is 54.6 Å². The van der Waals surface area contributed by atoms with Gasteiger partial charge in [-0.25, -0.2) is 4.39 Å². The second kappa shape index (κ2) is 7.17. The monoisotopic (exact) mass is 273 g/mol. The summed E-state index contributed by atoms with van der Waals surface area (Å²) in [5, 5.41) is 10.1. The molecule has 2 aromatic carbocycles. The Kier molecular flexibility index (Phi) is 5.27. The Balaban J connectivity index is 1.82. The van der Waals surface area contributed by atoms with Gasteiger partial charge in [-0.2, -0.15) is 0 Å². The first-order valence-corrected chi connectivity index (χ1v) is 6.81. The Morgan fingerprint density at radius 1 is 1.10 bits per heavy atom. The number of halogens is 1. The van der Waals surface area contributed by atoms with Gasteiger partial charge in [-0.3, -0.25) is 0 Å². The van der Waals surface area contributed by atoms with E-state index in [2.05, 4.69) is 4.90 Å². The van der Waals surface area contributed by atoms with Crippen molar-refractivity contribution in [2.24, 2.45) is 0 Å². The van der Waals surface area contributed by atoms with Gasteiger partial charge in [-0.15, -0.1) is 0 Å². The number of hydrogen-bond donors (Lipinski definition) is 1. The molecule has 0 aromatic heterocycles. The zero-order chi connectivity index (χ0) is 14.4. The van der Waals surface area contributed by atoms with Crippen molar-refractivity contribution in [2.45, 2.75) is 19.1 Å². The Hall–Kier alpha value is -1.71. The average Bonchev–Trinajstić information content (AvgIpc) is 2.46. The SMILES string of the molecule is CN(CCC(O)c1ccccc1)Cc1cccc(F)c1. The van der Waals surface area contributed by atoms with Gasteiger partial charge < -0.3 is 10.0 Å². The fourth-order valence-corrected chi connectivity index (χ4v) is 2.21. The van der Waals surface area contributed by atoms with Crippen LogP contribution in [-0.2, 0) is 6.54 Å². The third kappa shape index (κ3) is 4.44. The van der Waals surface area contributed by atoms with Gasteiger partial charge in [0.05, 0.1) is 6.10 Å². The molecule has 0 fully saturated rings. The van der Waals surface area contributed by atoms with Crippen LogP contribution >= 0.6 is 0 Å². The fraction of sp³-hybridized carbons (Fsp3) is 0.294. The largest absolute Gasteiger partial charge is 0.388 e. The summed E-state index contributed by atoms with van der Waals surface area (Å²) in [5.41, 5.74) is 1.88. The van der Waals surface area contributed by atoms with Crippen molar-refractivity contribution in [3.05, 3.63) is 71.5 Å². The van der Waals surface area contributed by atoms with Crippen LogP contribution in [-0.4, -0.2) is 23.6 Å².